The Morgan fingerprint density at radius 3 is 3.00 bits per heavy atom. The van der Waals surface area contributed by atoms with Gasteiger partial charge >= 0.3 is 0 Å². The molecule has 0 fully saturated rings. The molecule has 0 aliphatic rings. The second-order valence-electron chi connectivity index (χ2n) is 3.08. The molecule has 0 saturated carbocycles. The van der Waals surface area contributed by atoms with Crippen molar-refractivity contribution >= 4 is 17.3 Å². The van der Waals surface area contributed by atoms with Crippen LogP contribution >= 0.6 is 0 Å². The molecule has 0 radical (unpaired) electrons. The number of aromatic nitrogens is 2. The number of pyridine rings is 2. The molecule has 0 spiro atoms. The highest BCUT2D eigenvalue weighted by molar-refractivity contribution is 5.74. The number of hydrogen-bond donors (Lipinski definition) is 1. The van der Waals surface area contributed by atoms with Crippen molar-refractivity contribution in [2.24, 2.45) is 0 Å². The third kappa shape index (κ3) is 1.76. The van der Waals surface area contributed by atoms with Crippen molar-refractivity contribution in [1.82, 2.24) is 9.97 Å². The van der Waals surface area contributed by atoms with E-state index < -0.39 is 5.82 Å². The number of nitrogens with one attached hydrogen (secondary N) is 1. The van der Waals surface area contributed by atoms with Crippen LogP contribution in [-0.2, 0) is 11.2 Å². The summed E-state index contributed by atoms with van der Waals surface area (Å²) in [4.78, 5) is 27.9. The van der Waals surface area contributed by atoms with Gasteiger partial charge in [-0.05, 0) is 6.07 Å². The number of carbonyl (C=O) groups is 1. The Balaban J connectivity index is 2.70. The summed E-state index contributed by atoms with van der Waals surface area (Å²) < 4.78 is 12.8. The predicted octanol–water partition coefficient (Wildman–Crippen LogP) is 0.804. The lowest BCUT2D eigenvalue weighted by atomic mass is 10.2. The first kappa shape index (κ1) is 9.51. The van der Waals surface area contributed by atoms with Gasteiger partial charge in [0.25, 0.3) is 5.56 Å². The molecule has 2 aromatic rings. The number of hydrogen-bond acceptors (Lipinski definition) is 3. The Bertz CT molecular complexity index is 577. The van der Waals surface area contributed by atoms with Crippen LogP contribution in [0.25, 0.3) is 11.0 Å². The minimum absolute atomic E-state index is 0.0321. The van der Waals surface area contributed by atoms with E-state index in [0.29, 0.717) is 22.9 Å². The molecule has 1 N–H and O–H groups in total. The molecular formula is C10H7FN2O2. The Morgan fingerprint density at radius 2 is 2.27 bits per heavy atom. The van der Waals surface area contributed by atoms with E-state index >= 15 is 0 Å². The van der Waals surface area contributed by atoms with E-state index in [4.69, 9.17) is 0 Å². The smallest absolute Gasteiger partial charge is 0.252 e. The van der Waals surface area contributed by atoms with Crippen molar-refractivity contribution in [2.45, 2.75) is 6.42 Å². The normalized spacial score (nSPS) is 10.5. The highest BCUT2D eigenvalue weighted by Gasteiger charge is 2.03. The molecule has 2 rings (SSSR count). The molecule has 0 atom stereocenters. The molecule has 2 heterocycles. The third-order valence-electron chi connectivity index (χ3n) is 2.04. The molecule has 4 nitrogen and oxygen atoms in total. The summed E-state index contributed by atoms with van der Waals surface area (Å²) >= 11 is 0. The lowest BCUT2D eigenvalue weighted by Crippen LogP contribution is -2.13. The van der Waals surface area contributed by atoms with Gasteiger partial charge in [-0.25, -0.2) is 4.39 Å². The van der Waals surface area contributed by atoms with Crippen LogP contribution in [-0.4, -0.2) is 16.3 Å². The van der Waals surface area contributed by atoms with Gasteiger partial charge in [0.05, 0.1) is 17.2 Å². The van der Waals surface area contributed by atoms with Crippen molar-refractivity contribution in [3.63, 3.8) is 0 Å². The van der Waals surface area contributed by atoms with E-state index in [9.17, 15) is 14.0 Å². The van der Waals surface area contributed by atoms with Gasteiger partial charge < -0.3 is 9.78 Å². The highest BCUT2D eigenvalue weighted by Crippen LogP contribution is 2.09. The molecule has 0 amide bonds. The Hall–Kier alpha value is -2.04. The van der Waals surface area contributed by atoms with Crippen LogP contribution < -0.4 is 5.56 Å². The first-order valence-electron chi connectivity index (χ1n) is 4.32. The summed E-state index contributed by atoms with van der Waals surface area (Å²) in [5.74, 6) is -0.513. The predicted molar refractivity (Wildman–Crippen MR) is 52.1 cm³/mol. The van der Waals surface area contributed by atoms with Gasteiger partial charge in [-0.1, -0.05) is 0 Å². The van der Waals surface area contributed by atoms with Crippen molar-refractivity contribution in [3.05, 3.63) is 40.1 Å². The fraction of sp³-hybridized carbons (Fsp3) is 0.100. The third-order valence-corrected chi connectivity index (χ3v) is 2.04. The molecule has 0 bridgehead atoms. The van der Waals surface area contributed by atoms with Gasteiger partial charge in [0.2, 0.25) is 0 Å². The van der Waals surface area contributed by atoms with E-state index in [-0.39, 0.29) is 12.0 Å². The van der Waals surface area contributed by atoms with Gasteiger partial charge in [-0.15, -0.1) is 0 Å². The number of aromatic amines is 1. The fourth-order valence-corrected chi connectivity index (χ4v) is 1.34. The Morgan fingerprint density at radius 1 is 1.47 bits per heavy atom. The molecule has 0 aliphatic heterocycles. The first-order valence-corrected chi connectivity index (χ1v) is 4.32. The largest absolute Gasteiger partial charge is 0.320 e. The summed E-state index contributed by atoms with van der Waals surface area (Å²) in [5, 5.41) is 0. The molecule has 5 heteroatoms. The van der Waals surface area contributed by atoms with Crippen LogP contribution in [0.5, 0.6) is 0 Å². The Labute approximate surface area is 83.8 Å². The molecule has 15 heavy (non-hydrogen) atoms. The number of fused-ring (bicyclic) bond motifs is 1. The molecular weight excluding hydrogens is 199 g/mol. The zero-order chi connectivity index (χ0) is 10.8. The van der Waals surface area contributed by atoms with Gasteiger partial charge in [-0.2, -0.15) is 0 Å². The van der Waals surface area contributed by atoms with Crippen LogP contribution in [0.1, 0.15) is 5.56 Å². The standard InChI is InChI=1S/C10H7FN2O2/c11-7-4-9-8(12-5-7)3-6(1-2-14)10(15)13-9/h2-5H,1H2,(H,13,15). The number of nitrogens with zero attached hydrogens (tertiary/aromatic N) is 1. The molecule has 0 aromatic carbocycles. The number of carbonyl (C=O) groups excluding carboxylic acids is 1. The van der Waals surface area contributed by atoms with Crippen LogP contribution in [0.2, 0.25) is 0 Å². The van der Waals surface area contributed by atoms with Crippen molar-refractivity contribution in [2.75, 3.05) is 0 Å². The topological polar surface area (TPSA) is 62.8 Å². The summed E-state index contributed by atoms with van der Waals surface area (Å²) in [6.45, 7) is 0. The van der Waals surface area contributed by atoms with Gasteiger partial charge in [0, 0.05) is 18.1 Å². The van der Waals surface area contributed by atoms with Crippen LogP contribution in [0.3, 0.4) is 0 Å². The molecule has 0 saturated heterocycles. The molecule has 2 aromatic heterocycles. The SMILES string of the molecule is O=CCc1cc2ncc(F)cc2[nH]c1=O. The summed E-state index contributed by atoms with van der Waals surface area (Å²) in [7, 11) is 0. The second-order valence-corrected chi connectivity index (χ2v) is 3.08. The monoisotopic (exact) mass is 206 g/mol. The van der Waals surface area contributed by atoms with Gasteiger partial charge in [0.1, 0.15) is 12.1 Å². The Kier molecular flexibility index (Phi) is 2.29. The van der Waals surface area contributed by atoms with E-state index in [0.717, 1.165) is 6.20 Å². The summed E-state index contributed by atoms with van der Waals surface area (Å²) in [5.41, 5.74) is 0.737. The molecule has 76 valence electrons. The minimum atomic E-state index is -0.513. The number of halogens is 1. The number of aldehydes is 1. The zero-order valence-electron chi connectivity index (χ0n) is 7.66. The quantitative estimate of drug-likeness (QED) is 0.739. The van der Waals surface area contributed by atoms with E-state index in [2.05, 4.69) is 9.97 Å². The van der Waals surface area contributed by atoms with E-state index in [1.165, 1.54) is 12.1 Å². The second kappa shape index (κ2) is 3.61. The number of rotatable bonds is 2. The maximum absolute atomic E-state index is 12.8. The van der Waals surface area contributed by atoms with Crippen LogP contribution in [0, 0.1) is 5.82 Å². The van der Waals surface area contributed by atoms with E-state index in [1.807, 2.05) is 0 Å². The zero-order valence-corrected chi connectivity index (χ0v) is 7.66. The van der Waals surface area contributed by atoms with E-state index in [1.54, 1.807) is 0 Å². The molecule has 0 aliphatic carbocycles. The average Bonchev–Trinajstić information content (AvgIpc) is 2.20. The lowest BCUT2D eigenvalue weighted by Gasteiger charge is -1.99. The molecule has 0 unspecified atom stereocenters. The first-order chi connectivity index (χ1) is 7.20. The van der Waals surface area contributed by atoms with Crippen molar-refractivity contribution in [3.8, 4) is 0 Å². The average molecular weight is 206 g/mol. The van der Waals surface area contributed by atoms with Crippen LogP contribution in [0.4, 0.5) is 4.39 Å². The summed E-state index contributed by atoms with van der Waals surface area (Å²) in [6.07, 6.45) is 1.73. The van der Waals surface area contributed by atoms with Gasteiger partial charge in [0.15, 0.2) is 0 Å². The minimum Gasteiger partial charge on any atom is -0.320 e. The fourth-order valence-electron chi connectivity index (χ4n) is 1.34. The van der Waals surface area contributed by atoms with Crippen molar-refractivity contribution < 1.29 is 9.18 Å². The summed E-state index contributed by atoms with van der Waals surface area (Å²) in [6, 6.07) is 2.68. The maximum Gasteiger partial charge on any atom is 0.252 e. The maximum atomic E-state index is 12.8. The highest BCUT2D eigenvalue weighted by atomic mass is 19.1. The lowest BCUT2D eigenvalue weighted by molar-refractivity contribution is -0.107. The number of H-pyrrole nitrogens is 1. The van der Waals surface area contributed by atoms with Gasteiger partial charge in [-0.3, -0.25) is 9.78 Å². The van der Waals surface area contributed by atoms with Crippen molar-refractivity contribution in [1.29, 1.82) is 0 Å². The van der Waals surface area contributed by atoms with Crippen LogP contribution in [0.15, 0.2) is 23.1 Å².